The van der Waals surface area contributed by atoms with E-state index in [1.165, 1.54) is 19.3 Å². The maximum atomic E-state index is 5.44. The van der Waals surface area contributed by atoms with Crippen LogP contribution in [0.3, 0.4) is 0 Å². The third kappa shape index (κ3) is 2.71. The minimum atomic E-state index is 0.311. The molecule has 1 aromatic heterocycles. The predicted octanol–water partition coefficient (Wildman–Crippen LogP) is 3.82. The van der Waals surface area contributed by atoms with Gasteiger partial charge in [0.15, 0.2) is 11.5 Å². The van der Waals surface area contributed by atoms with E-state index >= 15 is 0 Å². The van der Waals surface area contributed by atoms with Gasteiger partial charge in [-0.05, 0) is 37.0 Å². The molecule has 0 saturated heterocycles. The molecule has 2 heterocycles. The van der Waals surface area contributed by atoms with Gasteiger partial charge in [-0.1, -0.05) is 13.3 Å². The molecule has 2 aliphatic rings. The fraction of sp³-hybridized carbons (Fsp3) is 0.471. The molecule has 0 amide bonds. The highest BCUT2D eigenvalue weighted by molar-refractivity contribution is 7.13. The van der Waals surface area contributed by atoms with Crippen molar-refractivity contribution in [1.82, 2.24) is 10.3 Å². The van der Waals surface area contributed by atoms with E-state index in [1.54, 1.807) is 11.3 Å². The number of nitrogens with zero attached hydrogens (tertiary/aromatic N) is 1. The lowest BCUT2D eigenvalue weighted by Crippen LogP contribution is -2.30. The van der Waals surface area contributed by atoms with Gasteiger partial charge in [0.05, 0.1) is 5.69 Å². The molecule has 2 aromatic rings. The molecule has 2 unspecified atom stereocenters. The van der Waals surface area contributed by atoms with Crippen LogP contribution in [0.15, 0.2) is 23.6 Å². The maximum Gasteiger partial charge on any atom is 0.231 e. The first kappa shape index (κ1) is 14.0. The Morgan fingerprint density at radius 1 is 1.27 bits per heavy atom. The van der Waals surface area contributed by atoms with Crippen molar-refractivity contribution in [2.75, 3.05) is 6.79 Å². The van der Waals surface area contributed by atoms with Crippen molar-refractivity contribution in [3.05, 3.63) is 29.3 Å². The molecule has 0 spiro atoms. The van der Waals surface area contributed by atoms with Crippen LogP contribution in [0.25, 0.3) is 10.6 Å². The molecule has 1 aliphatic carbocycles. The van der Waals surface area contributed by atoms with Gasteiger partial charge < -0.3 is 14.8 Å². The molecular formula is C17H20N2O2S. The van der Waals surface area contributed by atoms with Gasteiger partial charge in [-0.2, -0.15) is 0 Å². The van der Waals surface area contributed by atoms with E-state index in [2.05, 4.69) is 17.6 Å². The van der Waals surface area contributed by atoms with Crippen LogP contribution < -0.4 is 14.8 Å². The lowest BCUT2D eigenvalue weighted by atomic mass is 10.1. The first-order valence-corrected chi connectivity index (χ1v) is 8.75. The number of hydrogen-bond donors (Lipinski definition) is 1. The lowest BCUT2D eigenvalue weighted by molar-refractivity contribution is 0.174. The zero-order valence-electron chi connectivity index (χ0n) is 12.7. The SMILES string of the molecule is CC1CCCC1NCc1csc(-c2ccc3c(c2)OCO3)n1. The topological polar surface area (TPSA) is 43.4 Å². The number of nitrogens with one attached hydrogen (secondary N) is 1. The molecule has 0 radical (unpaired) electrons. The van der Waals surface area contributed by atoms with Crippen LogP contribution in [0.5, 0.6) is 11.5 Å². The summed E-state index contributed by atoms with van der Waals surface area (Å²) < 4.78 is 10.8. The van der Waals surface area contributed by atoms with Crippen LogP contribution in [-0.2, 0) is 6.54 Å². The molecule has 1 fully saturated rings. The fourth-order valence-corrected chi connectivity index (χ4v) is 4.05. The quantitative estimate of drug-likeness (QED) is 0.931. The summed E-state index contributed by atoms with van der Waals surface area (Å²) in [5, 5.41) is 6.84. The van der Waals surface area contributed by atoms with Crippen molar-refractivity contribution >= 4 is 11.3 Å². The third-order valence-corrected chi connectivity index (χ3v) is 5.52. The Bertz CT molecular complexity index is 670. The molecule has 4 nitrogen and oxygen atoms in total. The first-order chi connectivity index (χ1) is 10.8. The summed E-state index contributed by atoms with van der Waals surface area (Å²) in [6, 6.07) is 6.66. The summed E-state index contributed by atoms with van der Waals surface area (Å²) in [7, 11) is 0. The highest BCUT2D eigenvalue weighted by Gasteiger charge is 2.22. The molecule has 22 heavy (non-hydrogen) atoms. The number of thiazole rings is 1. The van der Waals surface area contributed by atoms with E-state index in [0.29, 0.717) is 12.8 Å². The van der Waals surface area contributed by atoms with Crippen molar-refractivity contribution in [2.45, 2.75) is 38.8 Å². The van der Waals surface area contributed by atoms with E-state index in [0.717, 1.165) is 40.2 Å². The summed E-state index contributed by atoms with van der Waals surface area (Å²) >= 11 is 1.68. The predicted molar refractivity (Wildman–Crippen MR) is 87.3 cm³/mol. The molecule has 1 aliphatic heterocycles. The van der Waals surface area contributed by atoms with Crippen molar-refractivity contribution in [2.24, 2.45) is 5.92 Å². The first-order valence-electron chi connectivity index (χ1n) is 7.87. The van der Waals surface area contributed by atoms with Gasteiger partial charge in [0.1, 0.15) is 5.01 Å². The van der Waals surface area contributed by atoms with Crippen molar-refractivity contribution in [1.29, 1.82) is 0 Å². The highest BCUT2D eigenvalue weighted by atomic mass is 32.1. The van der Waals surface area contributed by atoms with Crippen LogP contribution in [0.4, 0.5) is 0 Å². The maximum absolute atomic E-state index is 5.44. The average Bonchev–Trinajstić information content (AvgIpc) is 3.25. The Morgan fingerprint density at radius 2 is 2.18 bits per heavy atom. The smallest absolute Gasteiger partial charge is 0.231 e. The highest BCUT2D eigenvalue weighted by Crippen LogP contribution is 2.36. The minimum Gasteiger partial charge on any atom is -0.454 e. The number of aromatic nitrogens is 1. The Morgan fingerprint density at radius 3 is 3.05 bits per heavy atom. The monoisotopic (exact) mass is 316 g/mol. The molecular weight excluding hydrogens is 296 g/mol. The third-order valence-electron chi connectivity index (χ3n) is 4.58. The van der Waals surface area contributed by atoms with Crippen LogP contribution in [0, 0.1) is 5.92 Å². The van der Waals surface area contributed by atoms with E-state index in [9.17, 15) is 0 Å². The van der Waals surface area contributed by atoms with Crippen LogP contribution in [0.1, 0.15) is 31.9 Å². The summed E-state index contributed by atoms with van der Waals surface area (Å²) in [5.74, 6) is 2.41. The Labute approximate surface area is 134 Å². The molecule has 1 N–H and O–H groups in total. The molecule has 1 saturated carbocycles. The van der Waals surface area contributed by atoms with Crippen LogP contribution in [0.2, 0.25) is 0 Å². The van der Waals surface area contributed by atoms with Gasteiger partial charge in [-0.15, -0.1) is 11.3 Å². The Hall–Kier alpha value is -1.59. The molecule has 5 heteroatoms. The number of hydrogen-bond acceptors (Lipinski definition) is 5. The average molecular weight is 316 g/mol. The molecule has 0 bridgehead atoms. The second-order valence-corrected chi connectivity index (χ2v) is 6.97. The van der Waals surface area contributed by atoms with Gasteiger partial charge in [-0.25, -0.2) is 4.98 Å². The molecule has 1 aromatic carbocycles. The van der Waals surface area contributed by atoms with E-state index in [-0.39, 0.29) is 0 Å². The van der Waals surface area contributed by atoms with E-state index in [1.807, 2.05) is 18.2 Å². The van der Waals surface area contributed by atoms with Gasteiger partial charge in [0, 0.05) is 23.5 Å². The van der Waals surface area contributed by atoms with Crippen molar-refractivity contribution in [3.8, 4) is 22.1 Å². The van der Waals surface area contributed by atoms with Crippen LogP contribution in [-0.4, -0.2) is 17.8 Å². The lowest BCUT2D eigenvalue weighted by Gasteiger charge is -2.16. The largest absolute Gasteiger partial charge is 0.454 e. The van der Waals surface area contributed by atoms with Gasteiger partial charge >= 0.3 is 0 Å². The Kier molecular flexibility index (Phi) is 3.76. The number of rotatable bonds is 4. The molecule has 116 valence electrons. The normalized spacial score (nSPS) is 23.1. The molecule has 2 atom stereocenters. The van der Waals surface area contributed by atoms with Gasteiger partial charge in [0.25, 0.3) is 0 Å². The fourth-order valence-electron chi connectivity index (χ4n) is 3.23. The van der Waals surface area contributed by atoms with E-state index < -0.39 is 0 Å². The van der Waals surface area contributed by atoms with Gasteiger partial charge in [0.2, 0.25) is 6.79 Å². The second-order valence-electron chi connectivity index (χ2n) is 6.11. The van der Waals surface area contributed by atoms with Crippen molar-refractivity contribution in [3.63, 3.8) is 0 Å². The zero-order chi connectivity index (χ0) is 14.9. The summed E-state index contributed by atoms with van der Waals surface area (Å²) in [6.07, 6.45) is 3.98. The minimum absolute atomic E-state index is 0.311. The Balaban J connectivity index is 1.45. The summed E-state index contributed by atoms with van der Waals surface area (Å²) in [6.45, 7) is 3.51. The van der Waals surface area contributed by atoms with E-state index in [4.69, 9.17) is 14.5 Å². The van der Waals surface area contributed by atoms with Crippen LogP contribution >= 0.6 is 11.3 Å². The zero-order valence-corrected chi connectivity index (χ0v) is 13.5. The van der Waals surface area contributed by atoms with Gasteiger partial charge in [-0.3, -0.25) is 0 Å². The standard InChI is InChI=1S/C17H20N2O2S/c1-11-3-2-4-14(11)18-8-13-9-22-17(19-13)12-5-6-15-16(7-12)21-10-20-15/h5-7,9,11,14,18H,2-4,8,10H2,1H3. The number of benzene rings is 1. The second kappa shape index (κ2) is 5.89. The summed E-state index contributed by atoms with van der Waals surface area (Å²) in [5.41, 5.74) is 2.21. The molecule has 4 rings (SSSR count). The summed E-state index contributed by atoms with van der Waals surface area (Å²) in [4.78, 5) is 4.75. The van der Waals surface area contributed by atoms with Crippen molar-refractivity contribution < 1.29 is 9.47 Å². The number of ether oxygens (including phenoxy) is 2. The number of fused-ring (bicyclic) bond motifs is 1.